The van der Waals surface area contributed by atoms with E-state index < -0.39 is 32.9 Å². The van der Waals surface area contributed by atoms with E-state index in [0.717, 1.165) is 25.3 Å². The lowest BCUT2D eigenvalue weighted by Gasteiger charge is -2.24. The second kappa shape index (κ2) is 7.40. The molecule has 0 atom stereocenters. The number of alkyl halides is 3. The molecular formula is C18H22F3N3O5S. The number of carbonyl (C=O) groups excluding carboxylic acids is 1. The summed E-state index contributed by atoms with van der Waals surface area (Å²) in [5.41, 5.74) is -6.20. The molecule has 0 saturated heterocycles. The number of nitrogens with zero attached hydrogens (tertiary/aromatic N) is 3. The molecule has 3 rings (SSSR count). The lowest BCUT2D eigenvalue weighted by Crippen LogP contribution is -2.28. The van der Waals surface area contributed by atoms with E-state index in [1.165, 1.54) is 4.68 Å². The normalized spacial score (nSPS) is 15.8. The van der Waals surface area contributed by atoms with Crippen molar-refractivity contribution in [1.29, 1.82) is 0 Å². The van der Waals surface area contributed by atoms with Crippen molar-refractivity contribution in [2.45, 2.75) is 63.9 Å². The van der Waals surface area contributed by atoms with Gasteiger partial charge in [0.1, 0.15) is 0 Å². The van der Waals surface area contributed by atoms with Crippen molar-refractivity contribution in [3.05, 3.63) is 17.5 Å². The molecule has 2 aromatic heterocycles. The maximum atomic E-state index is 13.0. The average molecular weight is 449 g/mol. The molecule has 30 heavy (non-hydrogen) atoms. The number of aromatic nitrogens is 3. The van der Waals surface area contributed by atoms with Crippen molar-refractivity contribution in [2.75, 3.05) is 6.61 Å². The van der Waals surface area contributed by atoms with Gasteiger partial charge in [-0.3, -0.25) is 0 Å². The Bertz CT molecular complexity index is 1080. The predicted octanol–water partition coefficient (Wildman–Crippen LogP) is 3.86. The van der Waals surface area contributed by atoms with Gasteiger partial charge in [0.2, 0.25) is 0 Å². The Hall–Kier alpha value is -2.37. The quantitative estimate of drug-likeness (QED) is 0.388. The van der Waals surface area contributed by atoms with Gasteiger partial charge in [-0.1, -0.05) is 6.42 Å². The standard InChI is InChI=1S/C18H22F3N3O5S/c1-5-28-16(25)11-9-12(29-30(26,27)18(19,20)21)13-14(10-7-6-8-10)23-24(15(13)22-11)17(2,3)4/h9-10H,5-8H2,1-4H3. The van der Waals surface area contributed by atoms with Crippen molar-refractivity contribution in [2.24, 2.45) is 0 Å². The Balaban J connectivity index is 2.33. The Morgan fingerprint density at radius 3 is 2.37 bits per heavy atom. The minimum absolute atomic E-state index is 0.00144. The van der Waals surface area contributed by atoms with Gasteiger partial charge in [-0.05, 0) is 40.5 Å². The number of hydrogen-bond donors (Lipinski definition) is 0. The maximum absolute atomic E-state index is 13.0. The second-order valence-electron chi connectivity index (χ2n) is 8.00. The number of hydrogen-bond acceptors (Lipinski definition) is 7. The molecule has 0 amide bonds. The number of ether oxygens (including phenoxy) is 1. The zero-order chi connectivity index (χ0) is 22.5. The van der Waals surface area contributed by atoms with E-state index >= 15 is 0 Å². The van der Waals surface area contributed by atoms with E-state index in [-0.39, 0.29) is 29.3 Å². The Labute approximate surface area is 171 Å². The zero-order valence-corrected chi connectivity index (χ0v) is 17.7. The lowest BCUT2D eigenvalue weighted by atomic mass is 9.82. The van der Waals surface area contributed by atoms with Crippen molar-refractivity contribution < 1.29 is 35.3 Å². The van der Waals surface area contributed by atoms with E-state index in [2.05, 4.69) is 14.3 Å². The van der Waals surface area contributed by atoms with E-state index in [1.54, 1.807) is 27.7 Å². The third-order valence-corrected chi connectivity index (χ3v) is 5.69. The highest BCUT2D eigenvalue weighted by Crippen LogP contribution is 2.43. The molecule has 0 spiro atoms. The van der Waals surface area contributed by atoms with Gasteiger partial charge in [0.25, 0.3) is 0 Å². The monoisotopic (exact) mass is 449 g/mol. The molecule has 12 heteroatoms. The molecule has 0 aromatic carbocycles. The van der Waals surface area contributed by atoms with Gasteiger partial charge >= 0.3 is 21.6 Å². The van der Waals surface area contributed by atoms with Crippen molar-refractivity contribution in [3.8, 4) is 5.75 Å². The Kier molecular flexibility index (Phi) is 5.50. The van der Waals surface area contributed by atoms with Gasteiger partial charge in [0.05, 0.1) is 23.2 Å². The van der Waals surface area contributed by atoms with Gasteiger partial charge in [0, 0.05) is 12.0 Å². The van der Waals surface area contributed by atoms with Crippen molar-refractivity contribution >= 4 is 27.1 Å². The summed E-state index contributed by atoms with van der Waals surface area (Å²) in [4.78, 5) is 16.5. The fourth-order valence-electron chi connectivity index (χ4n) is 3.08. The largest absolute Gasteiger partial charge is 0.534 e. The van der Waals surface area contributed by atoms with Gasteiger partial charge in [-0.25, -0.2) is 14.5 Å². The molecule has 2 heterocycles. The van der Waals surface area contributed by atoms with Crippen LogP contribution in [0.4, 0.5) is 13.2 Å². The van der Waals surface area contributed by atoms with Crippen LogP contribution in [0, 0.1) is 0 Å². The number of carbonyl (C=O) groups is 1. The minimum atomic E-state index is -5.97. The van der Waals surface area contributed by atoms with Gasteiger partial charge < -0.3 is 8.92 Å². The molecule has 0 aliphatic heterocycles. The van der Waals surface area contributed by atoms with E-state index in [1.807, 2.05) is 0 Å². The van der Waals surface area contributed by atoms with Crippen LogP contribution in [0.5, 0.6) is 5.75 Å². The molecule has 1 fully saturated rings. The molecule has 166 valence electrons. The van der Waals surface area contributed by atoms with E-state index in [9.17, 15) is 26.4 Å². The highest BCUT2D eigenvalue weighted by molar-refractivity contribution is 7.88. The first-order valence-corrected chi connectivity index (χ1v) is 10.8. The van der Waals surface area contributed by atoms with Crippen LogP contribution in [0.1, 0.15) is 69.1 Å². The highest BCUT2D eigenvalue weighted by atomic mass is 32.2. The van der Waals surface area contributed by atoms with Crippen LogP contribution in [-0.4, -0.2) is 41.3 Å². The fourth-order valence-corrected chi connectivity index (χ4v) is 3.55. The molecule has 8 nitrogen and oxygen atoms in total. The molecular weight excluding hydrogens is 427 g/mol. The average Bonchev–Trinajstić information content (AvgIpc) is 2.92. The topological polar surface area (TPSA) is 100 Å². The van der Waals surface area contributed by atoms with Crippen molar-refractivity contribution in [1.82, 2.24) is 14.8 Å². The van der Waals surface area contributed by atoms with Crippen LogP contribution >= 0.6 is 0 Å². The smallest absolute Gasteiger partial charge is 0.461 e. The fraction of sp³-hybridized carbons (Fsp3) is 0.611. The van der Waals surface area contributed by atoms with Crippen molar-refractivity contribution in [3.63, 3.8) is 0 Å². The predicted molar refractivity (Wildman–Crippen MR) is 101 cm³/mol. The summed E-state index contributed by atoms with van der Waals surface area (Å²) in [5, 5.41) is 4.58. The molecule has 2 aromatic rings. The molecule has 0 radical (unpaired) electrons. The summed E-state index contributed by atoms with van der Waals surface area (Å²) in [7, 11) is -5.97. The van der Waals surface area contributed by atoms with E-state index in [4.69, 9.17) is 4.74 Å². The number of fused-ring (bicyclic) bond motifs is 1. The SMILES string of the molecule is CCOC(=O)c1cc(OS(=O)(=O)C(F)(F)F)c2c(C3CCC3)nn(C(C)(C)C)c2n1. The van der Waals surface area contributed by atoms with Crippen LogP contribution in [0.25, 0.3) is 11.0 Å². The maximum Gasteiger partial charge on any atom is 0.534 e. The molecule has 0 unspecified atom stereocenters. The first-order valence-electron chi connectivity index (χ1n) is 9.38. The van der Waals surface area contributed by atoms with Gasteiger partial charge in [-0.15, -0.1) is 0 Å². The van der Waals surface area contributed by atoms with Crippen LogP contribution in [0.15, 0.2) is 6.07 Å². The van der Waals surface area contributed by atoms with Crippen LogP contribution in [0.3, 0.4) is 0 Å². The first-order chi connectivity index (χ1) is 13.8. The Morgan fingerprint density at radius 1 is 1.27 bits per heavy atom. The first kappa shape index (κ1) is 22.3. The summed E-state index contributed by atoms with van der Waals surface area (Å²) in [5.74, 6) is -1.62. The molecule has 0 bridgehead atoms. The number of esters is 1. The van der Waals surface area contributed by atoms with E-state index in [0.29, 0.717) is 5.69 Å². The Morgan fingerprint density at radius 2 is 1.90 bits per heavy atom. The minimum Gasteiger partial charge on any atom is -0.461 e. The van der Waals surface area contributed by atoms with Gasteiger partial charge in [0.15, 0.2) is 17.1 Å². The molecule has 1 aliphatic rings. The molecule has 1 saturated carbocycles. The van der Waals surface area contributed by atoms with Crippen LogP contribution in [-0.2, 0) is 20.4 Å². The summed E-state index contributed by atoms with van der Waals surface area (Å²) < 4.78 is 73.3. The zero-order valence-electron chi connectivity index (χ0n) is 16.9. The number of pyridine rings is 1. The van der Waals surface area contributed by atoms with Crippen LogP contribution in [0.2, 0.25) is 0 Å². The summed E-state index contributed by atoms with van der Waals surface area (Å²) >= 11 is 0. The number of halogens is 3. The summed E-state index contributed by atoms with van der Waals surface area (Å²) in [6.45, 7) is 6.96. The summed E-state index contributed by atoms with van der Waals surface area (Å²) in [6, 6.07) is 0.862. The van der Waals surface area contributed by atoms with Crippen LogP contribution < -0.4 is 4.18 Å². The summed E-state index contributed by atoms with van der Waals surface area (Å²) in [6.07, 6.45) is 2.42. The second-order valence-corrected chi connectivity index (χ2v) is 9.54. The third-order valence-electron chi connectivity index (χ3n) is 4.72. The third kappa shape index (κ3) is 3.96. The molecule has 1 aliphatic carbocycles. The lowest BCUT2D eigenvalue weighted by molar-refractivity contribution is -0.0499. The van der Waals surface area contributed by atoms with Gasteiger partial charge in [-0.2, -0.15) is 26.7 Å². The number of rotatable bonds is 5. The highest BCUT2D eigenvalue weighted by Gasteiger charge is 2.49. The molecule has 0 N–H and O–H groups in total.